The number of thioether (sulfide) groups is 2. The van der Waals surface area contributed by atoms with Crippen LogP contribution >= 0.6 is 35.1 Å². The summed E-state index contributed by atoms with van der Waals surface area (Å²) in [5.74, 6) is 0.517. The van der Waals surface area contributed by atoms with Crippen LogP contribution in [0.4, 0.5) is 15.8 Å². The molecule has 0 saturated heterocycles. The molecule has 3 N–H and O–H groups in total. The number of nitrogens with one attached hydrogen (secondary N) is 2. The van der Waals surface area contributed by atoms with Crippen LogP contribution in [-0.2, 0) is 0 Å². The average molecular weight is 386 g/mol. The smallest absolute Gasteiger partial charge is 0.242 e. The molecule has 24 heavy (non-hydrogen) atoms. The van der Waals surface area contributed by atoms with Crippen LogP contribution in [0.25, 0.3) is 0 Å². The largest absolute Gasteiger partial charge is 0.408 e. The van der Waals surface area contributed by atoms with Crippen molar-refractivity contribution in [1.29, 1.82) is 0 Å². The first kappa shape index (κ1) is 18.8. The fraction of sp³-hybridized carbons (Fsp3) is 0.188. The number of hydrogen-bond acceptors (Lipinski definition) is 4. The second-order valence-electron chi connectivity index (χ2n) is 4.61. The standard InChI is InChI=1S/C16H17ClFN3OS2/c1-23-12-4-2-11(3-5-12)19-16(21-22)20-15-10-13(24-9-8-18)6-7-14(15)17/h2-7,10,22H,8-9H2,1H3,(H2,19,20,21). The van der Waals surface area contributed by atoms with Crippen LogP contribution in [0, 0.1) is 0 Å². The molecule has 2 aromatic rings. The van der Waals surface area contributed by atoms with Gasteiger partial charge in [0.1, 0.15) is 0 Å². The van der Waals surface area contributed by atoms with E-state index in [9.17, 15) is 9.60 Å². The molecule has 0 radical (unpaired) electrons. The van der Waals surface area contributed by atoms with Crippen LogP contribution in [0.5, 0.6) is 0 Å². The van der Waals surface area contributed by atoms with Crippen molar-refractivity contribution < 1.29 is 9.60 Å². The Bertz CT molecular complexity index is 698. The van der Waals surface area contributed by atoms with Gasteiger partial charge in [0.05, 0.1) is 17.4 Å². The van der Waals surface area contributed by atoms with Gasteiger partial charge in [-0.05, 0) is 48.7 Å². The summed E-state index contributed by atoms with van der Waals surface area (Å²) in [7, 11) is 0. The molecule has 0 aliphatic heterocycles. The van der Waals surface area contributed by atoms with Crippen LogP contribution in [0.2, 0.25) is 5.02 Å². The molecule has 4 nitrogen and oxygen atoms in total. The van der Waals surface area contributed by atoms with Crippen molar-refractivity contribution in [2.45, 2.75) is 9.79 Å². The third-order valence-electron chi connectivity index (χ3n) is 2.99. The number of hydrogen-bond donors (Lipinski definition) is 3. The van der Waals surface area contributed by atoms with Crippen molar-refractivity contribution in [2.24, 2.45) is 5.16 Å². The Labute approximate surface area is 153 Å². The zero-order valence-electron chi connectivity index (χ0n) is 12.9. The molecule has 0 aliphatic carbocycles. The number of anilines is 2. The van der Waals surface area contributed by atoms with Gasteiger partial charge in [-0.2, -0.15) is 0 Å². The lowest BCUT2D eigenvalue weighted by Gasteiger charge is -2.13. The molecule has 0 aromatic heterocycles. The topological polar surface area (TPSA) is 56.7 Å². The van der Waals surface area contributed by atoms with E-state index in [-0.39, 0.29) is 5.96 Å². The highest BCUT2D eigenvalue weighted by molar-refractivity contribution is 7.99. The second kappa shape index (κ2) is 9.66. The number of guanidine groups is 1. The molecule has 2 rings (SSSR count). The summed E-state index contributed by atoms with van der Waals surface area (Å²) in [4.78, 5) is 2.01. The molecular formula is C16H17ClFN3OS2. The molecule has 0 saturated carbocycles. The lowest BCUT2D eigenvalue weighted by Crippen LogP contribution is -2.22. The summed E-state index contributed by atoms with van der Waals surface area (Å²) in [6, 6.07) is 13.0. The van der Waals surface area contributed by atoms with E-state index in [4.69, 9.17) is 11.6 Å². The quantitative estimate of drug-likeness (QED) is 0.204. The van der Waals surface area contributed by atoms with E-state index >= 15 is 0 Å². The monoisotopic (exact) mass is 385 g/mol. The molecule has 2 aromatic carbocycles. The molecule has 0 unspecified atom stereocenters. The number of oxime groups is 1. The predicted octanol–water partition coefficient (Wildman–Crippen LogP) is 5.39. The summed E-state index contributed by atoms with van der Waals surface area (Å²) in [5, 5.41) is 18.8. The van der Waals surface area contributed by atoms with Crippen molar-refractivity contribution in [3.05, 3.63) is 47.5 Å². The van der Waals surface area contributed by atoms with Crippen LogP contribution < -0.4 is 10.6 Å². The van der Waals surface area contributed by atoms with Crippen molar-refractivity contribution in [1.82, 2.24) is 0 Å². The first-order valence-electron chi connectivity index (χ1n) is 7.04. The SMILES string of the molecule is CSc1ccc(N/C(=N\O)Nc2cc(SCCF)ccc2Cl)cc1. The highest BCUT2D eigenvalue weighted by Gasteiger charge is 2.07. The van der Waals surface area contributed by atoms with Gasteiger partial charge in [-0.25, -0.2) is 0 Å². The third kappa shape index (κ3) is 5.51. The molecule has 0 amide bonds. The Hall–Kier alpha value is -1.57. The number of alkyl halides is 1. The molecule has 0 fully saturated rings. The minimum Gasteiger partial charge on any atom is -0.408 e. The van der Waals surface area contributed by atoms with Crippen molar-refractivity contribution in [2.75, 3.05) is 29.3 Å². The van der Waals surface area contributed by atoms with Crippen molar-refractivity contribution >= 4 is 52.5 Å². The summed E-state index contributed by atoms with van der Waals surface area (Å²) in [6.07, 6.45) is 2.00. The van der Waals surface area contributed by atoms with Gasteiger partial charge >= 0.3 is 0 Å². The maximum Gasteiger partial charge on any atom is 0.242 e. The van der Waals surface area contributed by atoms with E-state index in [1.807, 2.05) is 36.6 Å². The Morgan fingerprint density at radius 2 is 1.88 bits per heavy atom. The first-order chi connectivity index (χ1) is 11.7. The maximum atomic E-state index is 12.3. The molecule has 0 heterocycles. The Kier molecular flexibility index (Phi) is 7.55. The number of nitrogens with zero attached hydrogens (tertiary/aromatic N) is 1. The fourth-order valence-electron chi connectivity index (χ4n) is 1.87. The lowest BCUT2D eigenvalue weighted by atomic mass is 10.3. The highest BCUT2D eigenvalue weighted by atomic mass is 35.5. The number of halogens is 2. The van der Waals surface area contributed by atoms with E-state index in [0.717, 1.165) is 15.5 Å². The molecule has 0 atom stereocenters. The van der Waals surface area contributed by atoms with E-state index in [1.165, 1.54) is 11.8 Å². The first-order valence-corrected chi connectivity index (χ1v) is 9.63. The maximum absolute atomic E-state index is 12.3. The van der Waals surface area contributed by atoms with Crippen LogP contribution in [0.3, 0.4) is 0 Å². The molecule has 128 valence electrons. The number of rotatable bonds is 6. The van der Waals surface area contributed by atoms with Gasteiger partial charge in [0.2, 0.25) is 5.96 Å². The molecule has 8 heteroatoms. The molecular weight excluding hydrogens is 369 g/mol. The van der Waals surface area contributed by atoms with E-state index in [2.05, 4.69) is 15.8 Å². The van der Waals surface area contributed by atoms with Crippen LogP contribution in [0.1, 0.15) is 0 Å². The van der Waals surface area contributed by atoms with E-state index in [1.54, 1.807) is 23.9 Å². The zero-order chi connectivity index (χ0) is 17.4. The summed E-state index contributed by atoms with van der Waals surface area (Å²) in [5.41, 5.74) is 1.34. The Balaban J connectivity index is 2.09. The van der Waals surface area contributed by atoms with Gasteiger partial charge in [-0.1, -0.05) is 16.8 Å². The minimum absolute atomic E-state index is 0.140. The van der Waals surface area contributed by atoms with Gasteiger partial charge in [-0.3, -0.25) is 4.39 Å². The van der Waals surface area contributed by atoms with Crippen molar-refractivity contribution in [3.8, 4) is 0 Å². The minimum atomic E-state index is -0.396. The van der Waals surface area contributed by atoms with Gasteiger partial charge in [0, 0.05) is 21.2 Å². The molecule has 0 aliphatic rings. The Morgan fingerprint density at radius 1 is 1.17 bits per heavy atom. The van der Waals surface area contributed by atoms with Crippen LogP contribution in [0.15, 0.2) is 57.4 Å². The van der Waals surface area contributed by atoms with Crippen molar-refractivity contribution in [3.63, 3.8) is 0 Å². The van der Waals surface area contributed by atoms with Gasteiger partial charge < -0.3 is 15.8 Å². The average Bonchev–Trinajstić information content (AvgIpc) is 2.62. The Morgan fingerprint density at radius 3 is 2.50 bits per heavy atom. The highest BCUT2D eigenvalue weighted by Crippen LogP contribution is 2.28. The summed E-state index contributed by atoms with van der Waals surface area (Å²) in [6.45, 7) is -0.396. The van der Waals surface area contributed by atoms with Gasteiger partial charge in [0.15, 0.2) is 0 Å². The van der Waals surface area contributed by atoms with Gasteiger partial charge in [0.25, 0.3) is 0 Å². The predicted molar refractivity (Wildman–Crippen MR) is 103 cm³/mol. The lowest BCUT2D eigenvalue weighted by molar-refractivity contribution is 0.319. The molecule has 0 spiro atoms. The van der Waals surface area contributed by atoms with E-state index in [0.29, 0.717) is 16.5 Å². The van der Waals surface area contributed by atoms with Crippen LogP contribution in [-0.4, -0.2) is 29.9 Å². The summed E-state index contributed by atoms with van der Waals surface area (Å²) >= 11 is 9.19. The third-order valence-corrected chi connectivity index (χ3v) is 5.01. The second-order valence-corrected chi connectivity index (χ2v) is 7.06. The normalized spacial score (nSPS) is 11.4. The molecule has 0 bridgehead atoms. The van der Waals surface area contributed by atoms with Gasteiger partial charge in [-0.15, -0.1) is 23.5 Å². The van der Waals surface area contributed by atoms with E-state index < -0.39 is 6.67 Å². The number of benzene rings is 2. The summed E-state index contributed by atoms with van der Waals surface area (Å²) < 4.78 is 12.3. The zero-order valence-corrected chi connectivity index (χ0v) is 15.3. The fourth-order valence-corrected chi connectivity index (χ4v) is 3.12.